The maximum Gasteiger partial charge on any atom is 0.0494 e. The van der Waals surface area contributed by atoms with Crippen molar-refractivity contribution in [2.75, 3.05) is 0 Å². The fraction of sp³-hybridized carbons (Fsp3) is 0.300. The third-order valence-electron chi connectivity index (χ3n) is 4.31. The Kier molecular flexibility index (Phi) is 3.83. The summed E-state index contributed by atoms with van der Waals surface area (Å²) in [5.41, 5.74) is 7.97. The van der Waals surface area contributed by atoms with E-state index in [1.165, 1.54) is 58.1 Å². The van der Waals surface area contributed by atoms with Crippen molar-refractivity contribution in [3.8, 4) is 11.3 Å². The minimum Gasteiger partial charge on any atom is -0.354 e. The number of hydrogen-bond donors (Lipinski definition) is 1. The second kappa shape index (κ2) is 5.77. The number of rotatable bonds is 4. The summed E-state index contributed by atoms with van der Waals surface area (Å²) in [5, 5.41) is 1.37. The van der Waals surface area contributed by atoms with Crippen LogP contribution in [0.5, 0.6) is 0 Å². The van der Waals surface area contributed by atoms with Crippen molar-refractivity contribution in [3.05, 3.63) is 59.2 Å². The molecule has 1 N–H and O–H groups in total. The van der Waals surface area contributed by atoms with Gasteiger partial charge in [-0.05, 0) is 55.0 Å². The summed E-state index contributed by atoms with van der Waals surface area (Å²) in [4.78, 5) is 3.63. The third-order valence-corrected chi connectivity index (χ3v) is 4.31. The Hall–Kier alpha value is -2.02. The molecule has 0 amide bonds. The summed E-state index contributed by atoms with van der Waals surface area (Å²) in [7, 11) is 0. The van der Waals surface area contributed by atoms with Gasteiger partial charge in [-0.2, -0.15) is 0 Å². The monoisotopic (exact) mass is 277 g/mol. The zero-order chi connectivity index (χ0) is 14.8. The highest BCUT2D eigenvalue weighted by molar-refractivity contribution is 5.92. The molecule has 0 saturated heterocycles. The average molecular weight is 277 g/mol. The second-order valence-electron chi connectivity index (χ2n) is 5.93. The molecule has 0 spiro atoms. The third kappa shape index (κ3) is 2.61. The molecule has 0 aliphatic rings. The number of fused-ring (bicyclic) bond motifs is 1. The maximum atomic E-state index is 3.63. The molecule has 3 rings (SSSR count). The predicted octanol–water partition coefficient (Wildman–Crippen LogP) is 5.79. The second-order valence-corrected chi connectivity index (χ2v) is 5.93. The van der Waals surface area contributed by atoms with E-state index in [1.54, 1.807) is 0 Å². The van der Waals surface area contributed by atoms with Crippen LogP contribution in [0, 0.1) is 13.8 Å². The topological polar surface area (TPSA) is 15.8 Å². The first-order chi connectivity index (χ1) is 10.2. The van der Waals surface area contributed by atoms with E-state index in [9.17, 15) is 0 Å². The molecule has 0 atom stereocenters. The van der Waals surface area contributed by atoms with E-state index in [4.69, 9.17) is 0 Å². The first kappa shape index (κ1) is 13.9. The van der Waals surface area contributed by atoms with Gasteiger partial charge in [-0.25, -0.2) is 0 Å². The average Bonchev–Trinajstić information content (AvgIpc) is 2.84. The highest BCUT2D eigenvalue weighted by Gasteiger charge is 2.11. The number of aromatic nitrogens is 1. The van der Waals surface area contributed by atoms with Gasteiger partial charge in [-0.3, -0.25) is 0 Å². The van der Waals surface area contributed by atoms with E-state index >= 15 is 0 Å². The zero-order valence-electron chi connectivity index (χ0n) is 13.2. The molecular weight excluding hydrogens is 254 g/mol. The van der Waals surface area contributed by atoms with Gasteiger partial charge >= 0.3 is 0 Å². The lowest BCUT2D eigenvalue weighted by molar-refractivity contribution is 0.795. The lowest BCUT2D eigenvalue weighted by Crippen LogP contribution is -1.87. The summed E-state index contributed by atoms with van der Waals surface area (Å²) < 4.78 is 0. The molecule has 0 fully saturated rings. The number of aryl methyl sites for hydroxylation is 3. The molecule has 108 valence electrons. The van der Waals surface area contributed by atoms with Crippen molar-refractivity contribution < 1.29 is 0 Å². The predicted molar refractivity (Wildman–Crippen MR) is 91.8 cm³/mol. The van der Waals surface area contributed by atoms with Gasteiger partial charge < -0.3 is 4.98 Å². The van der Waals surface area contributed by atoms with Crippen molar-refractivity contribution in [1.82, 2.24) is 4.98 Å². The van der Waals surface area contributed by atoms with Gasteiger partial charge in [0.1, 0.15) is 0 Å². The van der Waals surface area contributed by atoms with Crippen molar-refractivity contribution in [2.45, 2.75) is 40.0 Å². The summed E-state index contributed by atoms with van der Waals surface area (Å²) >= 11 is 0. The fourth-order valence-corrected chi connectivity index (χ4v) is 3.10. The molecule has 1 heterocycles. The molecule has 0 aliphatic carbocycles. The van der Waals surface area contributed by atoms with E-state index in [-0.39, 0.29) is 0 Å². The van der Waals surface area contributed by atoms with Crippen molar-refractivity contribution in [3.63, 3.8) is 0 Å². The lowest BCUT2D eigenvalue weighted by atomic mass is 10.0. The Morgan fingerprint density at radius 2 is 1.76 bits per heavy atom. The van der Waals surface area contributed by atoms with Crippen LogP contribution in [-0.4, -0.2) is 4.98 Å². The largest absolute Gasteiger partial charge is 0.354 e. The van der Waals surface area contributed by atoms with Crippen molar-refractivity contribution in [2.24, 2.45) is 0 Å². The molecule has 3 aromatic rings. The highest BCUT2D eigenvalue weighted by atomic mass is 14.7. The smallest absolute Gasteiger partial charge is 0.0494 e. The van der Waals surface area contributed by atoms with Crippen LogP contribution in [0.15, 0.2) is 42.5 Å². The number of benzene rings is 2. The molecule has 0 bridgehead atoms. The van der Waals surface area contributed by atoms with Gasteiger partial charge in [0.25, 0.3) is 0 Å². The minimum absolute atomic E-state index is 1.18. The Morgan fingerprint density at radius 1 is 1.00 bits per heavy atom. The standard InChI is InChI=1S/C20H23N/c1-4-5-9-16-12-14(2)19-18(13-16)15(3)20(21-19)17-10-7-6-8-11-17/h6-8,10-13,21H,4-5,9H2,1-3H3. The summed E-state index contributed by atoms with van der Waals surface area (Å²) in [6.45, 7) is 6.69. The lowest BCUT2D eigenvalue weighted by Gasteiger charge is -2.04. The Morgan fingerprint density at radius 3 is 2.48 bits per heavy atom. The zero-order valence-corrected chi connectivity index (χ0v) is 13.2. The first-order valence-electron chi connectivity index (χ1n) is 7.88. The molecular formula is C20H23N. The first-order valence-corrected chi connectivity index (χ1v) is 7.88. The number of nitrogens with one attached hydrogen (secondary N) is 1. The normalized spacial score (nSPS) is 11.2. The summed E-state index contributed by atoms with van der Waals surface area (Å²) in [6, 6.07) is 15.3. The van der Waals surface area contributed by atoms with Crippen LogP contribution in [0.1, 0.15) is 36.5 Å². The molecule has 1 heteroatoms. The molecule has 0 aliphatic heterocycles. The maximum absolute atomic E-state index is 3.63. The minimum atomic E-state index is 1.18. The molecule has 2 aromatic carbocycles. The highest BCUT2D eigenvalue weighted by Crippen LogP contribution is 2.32. The molecule has 0 radical (unpaired) electrons. The fourth-order valence-electron chi connectivity index (χ4n) is 3.10. The van der Waals surface area contributed by atoms with Crippen LogP contribution in [0.2, 0.25) is 0 Å². The van der Waals surface area contributed by atoms with Crippen LogP contribution in [-0.2, 0) is 6.42 Å². The number of hydrogen-bond acceptors (Lipinski definition) is 0. The van der Waals surface area contributed by atoms with Gasteiger partial charge in [0.05, 0.1) is 0 Å². The van der Waals surface area contributed by atoms with Crippen molar-refractivity contribution >= 4 is 10.9 Å². The SMILES string of the molecule is CCCCc1cc(C)c2[nH]c(-c3ccccc3)c(C)c2c1. The summed E-state index contributed by atoms with van der Waals surface area (Å²) in [6.07, 6.45) is 3.69. The van der Waals surface area contributed by atoms with Crippen LogP contribution in [0.25, 0.3) is 22.2 Å². The van der Waals surface area contributed by atoms with E-state index in [0.29, 0.717) is 0 Å². The Bertz CT molecular complexity index is 750. The Labute approximate surface area is 127 Å². The van der Waals surface area contributed by atoms with E-state index in [2.05, 4.69) is 68.2 Å². The molecule has 0 saturated carbocycles. The van der Waals surface area contributed by atoms with Gasteiger partial charge in [-0.1, -0.05) is 49.7 Å². The van der Waals surface area contributed by atoms with Crippen LogP contribution >= 0.6 is 0 Å². The number of unbranched alkanes of at least 4 members (excludes halogenated alkanes) is 1. The Balaban J connectivity index is 2.13. The van der Waals surface area contributed by atoms with Gasteiger partial charge in [-0.15, -0.1) is 0 Å². The molecule has 0 unspecified atom stereocenters. The number of H-pyrrole nitrogens is 1. The quantitative estimate of drug-likeness (QED) is 0.621. The summed E-state index contributed by atoms with van der Waals surface area (Å²) in [5.74, 6) is 0. The van der Waals surface area contributed by atoms with E-state index < -0.39 is 0 Å². The van der Waals surface area contributed by atoms with Gasteiger partial charge in [0.2, 0.25) is 0 Å². The van der Waals surface area contributed by atoms with Crippen LogP contribution in [0.3, 0.4) is 0 Å². The van der Waals surface area contributed by atoms with Gasteiger partial charge in [0, 0.05) is 16.6 Å². The molecule has 1 nitrogen and oxygen atoms in total. The van der Waals surface area contributed by atoms with Crippen molar-refractivity contribution in [1.29, 1.82) is 0 Å². The van der Waals surface area contributed by atoms with Gasteiger partial charge in [0.15, 0.2) is 0 Å². The molecule has 21 heavy (non-hydrogen) atoms. The van der Waals surface area contributed by atoms with E-state index in [1.807, 2.05) is 0 Å². The van der Waals surface area contributed by atoms with Crippen LogP contribution in [0.4, 0.5) is 0 Å². The van der Waals surface area contributed by atoms with E-state index in [0.717, 1.165) is 0 Å². The molecule has 1 aromatic heterocycles. The van der Waals surface area contributed by atoms with Crippen LogP contribution < -0.4 is 0 Å². The number of aromatic amines is 1.